The van der Waals surface area contributed by atoms with Crippen LogP contribution in [-0.4, -0.2) is 15.6 Å². The normalized spacial score (nSPS) is 23.0. The number of aromatic nitrogens is 2. The number of rotatable bonds is 5. The molecule has 102 valence electrons. The number of hydrogen-bond acceptors (Lipinski definition) is 3. The zero-order chi connectivity index (χ0) is 13.6. The van der Waals surface area contributed by atoms with Crippen LogP contribution in [0.1, 0.15) is 40.4 Å². The van der Waals surface area contributed by atoms with Gasteiger partial charge < -0.3 is 4.57 Å². The van der Waals surface area contributed by atoms with Crippen molar-refractivity contribution in [2.75, 3.05) is 0 Å². The summed E-state index contributed by atoms with van der Waals surface area (Å²) in [5.74, 6) is 7.50. The molecule has 0 bridgehead atoms. The maximum atomic E-state index is 5.78. The molecular formula is C14H26N4. The van der Waals surface area contributed by atoms with Gasteiger partial charge in [-0.15, -0.1) is 0 Å². The Bertz CT molecular complexity index is 405. The van der Waals surface area contributed by atoms with E-state index in [9.17, 15) is 0 Å². The van der Waals surface area contributed by atoms with Crippen molar-refractivity contribution in [2.45, 2.75) is 53.6 Å². The first-order valence-electron chi connectivity index (χ1n) is 6.82. The minimum Gasteiger partial charge on any atom is -0.335 e. The van der Waals surface area contributed by atoms with E-state index >= 15 is 0 Å². The SMILES string of the molecule is CCn1ccnc1CC(NN)C1C(C)(C)C1(C)C. The second-order valence-corrected chi connectivity index (χ2v) is 6.53. The fraction of sp³-hybridized carbons (Fsp3) is 0.786. The number of aryl methyl sites for hydroxylation is 1. The lowest BCUT2D eigenvalue weighted by molar-refractivity contribution is 0.392. The fourth-order valence-corrected chi connectivity index (χ4v) is 3.54. The van der Waals surface area contributed by atoms with E-state index in [0.29, 0.717) is 22.8 Å². The Hall–Kier alpha value is -0.870. The molecule has 2 rings (SSSR count). The Kier molecular flexibility index (Phi) is 3.28. The average Bonchev–Trinajstić information content (AvgIpc) is 2.69. The predicted molar refractivity (Wildman–Crippen MR) is 73.8 cm³/mol. The van der Waals surface area contributed by atoms with Crippen molar-refractivity contribution in [3.05, 3.63) is 18.2 Å². The number of imidazole rings is 1. The number of nitrogens with two attached hydrogens (primary N) is 1. The van der Waals surface area contributed by atoms with Crippen molar-refractivity contribution in [1.82, 2.24) is 15.0 Å². The average molecular weight is 250 g/mol. The molecule has 1 fully saturated rings. The molecule has 1 heterocycles. The molecule has 1 aromatic heterocycles. The number of nitrogens with one attached hydrogen (secondary N) is 1. The minimum atomic E-state index is 0.294. The first kappa shape index (κ1) is 13.6. The van der Waals surface area contributed by atoms with Crippen LogP contribution in [0, 0.1) is 16.7 Å². The van der Waals surface area contributed by atoms with Gasteiger partial charge in [0.2, 0.25) is 0 Å². The second kappa shape index (κ2) is 4.35. The van der Waals surface area contributed by atoms with Crippen LogP contribution >= 0.6 is 0 Å². The van der Waals surface area contributed by atoms with E-state index in [-0.39, 0.29) is 0 Å². The molecule has 3 N–H and O–H groups in total. The molecule has 0 saturated heterocycles. The van der Waals surface area contributed by atoms with Gasteiger partial charge in [0.25, 0.3) is 0 Å². The third-order valence-corrected chi connectivity index (χ3v) is 5.29. The van der Waals surface area contributed by atoms with Crippen LogP contribution in [0.5, 0.6) is 0 Å². The molecule has 0 aromatic carbocycles. The van der Waals surface area contributed by atoms with Gasteiger partial charge in [0, 0.05) is 31.4 Å². The highest BCUT2D eigenvalue weighted by Crippen LogP contribution is 2.69. The number of nitrogens with zero attached hydrogens (tertiary/aromatic N) is 2. The van der Waals surface area contributed by atoms with Crippen molar-refractivity contribution in [2.24, 2.45) is 22.6 Å². The highest BCUT2D eigenvalue weighted by Gasteiger charge is 2.66. The highest BCUT2D eigenvalue weighted by molar-refractivity contribution is 5.17. The van der Waals surface area contributed by atoms with Crippen LogP contribution in [0.15, 0.2) is 12.4 Å². The van der Waals surface area contributed by atoms with Crippen LogP contribution in [0.4, 0.5) is 0 Å². The van der Waals surface area contributed by atoms with Crippen LogP contribution in [0.25, 0.3) is 0 Å². The molecule has 1 saturated carbocycles. The Morgan fingerprint density at radius 2 is 2.00 bits per heavy atom. The van der Waals surface area contributed by atoms with E-state index in [1.807, 2.05) is 12.4 Å². The third kappa shape index (κ3) is 1.88. The molecule has 0 radical (unpaired) electrons. The maximum Gasteiger partial charge on any atom is 0.110 e. The van der Waals surface area contributed by atoms with E-state index in [1.165, 1.54) is 0 Å². The van der Waals surface area contributed by atoms with E-state index in [1.54, 1.807) is 0 Å². The molecule has 1 aliphatic rings. The second-order valence-electron chi connectivity index (χ2n) is 6.53. The molecule has 0 spiro atoms. The Balaban J connectivity index is 2.13. The zero-order valence-electron chi connectivity index (χ0n) is 12.2. The molecule has 18 heavy (non-hydrogen) atoms. The smallest absolute Gasteiger partial charge is 0.110 e. The van der Waals surface area contributed by atoms with Gasteiger partial charge in [-0.3, -0.25) is 11.3 Å². The van der Waals surface area contributed by atoms with Crippen molar-refractivity contribution < 1.29 is 0 Å². The quantitative estimate of drug-likeness (QED) is 0.620. The van der Waals surface area contributed by atoms with E-state index < -0.39 is 0 Å². The number of hydrogen-bond donors (Lipinski definition) is 2. The molecule has 1 aliphatic carbocycles. The van der Waals surface area contributed by atoms with Crippen molar-refractivity contribution >= 4 is 0 Å². The Morgan fingerprint density at radius 1 is 1.39 bits per heavy atom. The summed E-state index contributed by atoms with van der Waals surface area (Å²) in [6, 6.07) is 0.294. The first-order valence-corrected chi connectivity index (χ1v) is 6.82. The topological polar surface area (TPSA) is 55.9 Å². The third-order valence-electron chi connectivity index (χ3n) is 5.29. The molecule has 1 aromatic rings. The van der Waals surface area contributed by atoms with Gasteiger partial charge in [-0.05, 0) is 23.7 Å². The van der Waals surface area contributed by atoms with Gasteiger partial charge in [-0.2, -0.15) is 0 Å². The lowest BCUT2D eigenvalue weighted by atomic mass is 10.0. The minimum absolute atomic E-state index is 0.294. The van der Waals surface area contributed by atoms with E-state index in [2.05, 4.69) is 49.6 Å². The Morgan fingerprint density at radius 3 is 2.44 bits per heavy atom. The summed E-state index contributed by atoms with van der Waals surface area (Å²) >= 11 is 0. The molecular weight excluding hydrogens is 224 g/mol. The van der Waals surface area contributed by atoms with Gasteiger partial charge in [0.15, 0.2) is 0 Å². The molecule has 1 unspecified atom stereocenters. The van der Waals surface area contributed by atoms with Gasteiger partial charge in [-0.25, -0.2) is 4.98 Å². The molecule has 0 amide bonds. The van der Waals surface area contributed by atoms with Gasteiger partial charge in [-0.1, -0.05) is 27.7 Å². The molecule has 1 atom stereocenters. The fourth-order valence-electron chi connectivity index (χ4n) is 3.54. The van der Waals surface area contributed by atoms with Gasteiger partial charge in [0.1, 0.15) is 5.82 Å². The van der Waals surface area contributed by atoms with Crippen molar-refractivity contribution in [1.29, 1.82) is 0 Å². The van der Waals surface area contributed by atoms with Crippen molar-refractivity contribution in [3.8, 4) is 0 Å². The number of hydrazine groups is 1. The van der Waals surface area contributed by atoms with Crippen molar-refractivity contribution in [3.63, 3.8) is 0 Å². The molecule has 0 aliphatic heterocycles. The first-order chi connectivity index (χ1) is 8.36. The largest absolute Gasteiger partial charge is 0.335 e. The van der Waals surface area contributed by atoms with E-state index in [0.717, 1.165) is 18.8 Å². The summed E-state index contributed by atoms with van der Waals surface area (Å²) in [7, 11) is 0. The summed E-state index contributed by atoms with van der Waals surface area (Å²) in [6.07, 6.45) is 4.80. The standard InChI is InChI=1S/C14H26N4/c1-6-18-8-7-16-11(18)9-10(17-15)12-13(2,3)14(12,4)5/h7-8,10,12,17H,6,9,15H2,1-5H3. The molecule has 4 heteroatoms. The molecule has 4 nitrogen and oxygen atoms in total. The summed E-state index contributed by atoms with van der Waals surface area (Å²) in [4.78, 5) is 4.45. The lowest BCUT2D eigenvalue weighted by Crippen LogP contribution is -2.40. The van der Waals surface area contributed by atoms with Crippen LogP contribution in [-0.2, 0) is 13.0 Å². The van der Waals surface area contributed by atoms with Crippen LogP contribution in [0.2, 0.25) is 0 Å². The summed E-state index contributed by atoms with van der Waals surface area (Å²) in [5.41, 5.74) is 3.69. The van der Waals surface area contributed by atoms with Crippen LogP contribution < -0.4 is 11.3 Å². The van der Waals surface area contributed by atoms with Gasteiger partial charge in [0.05, 0.1) is 0 Å². The van der Waals surface area contributed by atoms with Crippen LogP contribution in [0.3, 0.4) is 0 Å². The highest BCUT2D eigenvalue weighted by atomic mass is 15.2. The predicted octanol–water partition coefficient (Wildman–Crippen LogP) is 1.96. The summed E-state index contributed by atoms with van der Waals surface area (Å²) in [5, 5.41) is 0. The maximum absolute atomic E-state index is 5.78. The zero-order valence-corrected chi connectivity index (χ0v) is 12.2. The summed E-state index contributed by atoms with van der Waals surface area (Å²) < 4.78 is 2.19. The van der Waals surface area contributed by atoms with E-state index in [4.69, 9.17) is 5.84 Å². The van der Waals surface area contributed by atoms with Gasteiger partial charge >= 0.3 is 0 Å². The Labute approximate surface area is 110 Å². The monoisotopic (exact) mass is 250 g/mol. The summed E-state index contributed by atoms with van der Waals surface area (Å²) in [6.45, 7) is 12.4. The lowest BCUT2D eigenvalue weighted by Gasteiger charge is -2.18.